The third-order valence-corrected chi connectivity index (χ3v) is 3.42. The molecule has 17 heavy (non-hydrogen) atoms. The molecule has 0 saturated heterocycles. The molecule has 0 radical (unpaired) electrons. The Kier molecular flexibility index (Phi) is 4.51. The molecule has 1 rings (SSSR count). The van der Waals surface area contributed by atoms with E-state index in [-0.39, 0.29) is 18.4 Å². The average Bonchev–Trinajstić information content (AvgIpc) is 2.23. The van der Waals surface area contributed by atoms with Crippen LogP contribution in [0.5, 0.6) is 0 Å². The maximum atomic E-state index is 12.2. The molecule has 5 nitrogen and oxygen atoms in total. The van der Waals surface area contributed by atoms with Gasteiger partial charge in [0.05, 0.1) is 12.0 Å². The minimum Gasteiger partial charge on any atom is -0.355 e. The molecule has 0 spiro atoms. The van der Waals surface area contributed by atoms with Crippen molar-refractivity contribution in [2.45, 2.75) is 26.7 Å². The largest absolute Gasteiger partial charge is 0.355 e. The first-order valence-electron chi connectivity index (χ1n) is 6.17. The predicted molar refractivity (Wildman–Crippen MR) is 66.2 cm³/mol. The van der Waals surface area contributed by atoms with E-state index in [9.17, 15) is 9.59 Å². The number of hydrogen-bond acceptors (Lipinski definition) is 3. The van der Waals surface area contributed by atoms with E-state index >= 15 is 0 Å². The predicted octanol–water partition coefficient (Wildman–Crippen LogP) is -0.0441. The number of nitrogens with two attached hydrogens (primary N) is 1. The number of likely N-dealkylation sites (N-methyl/N-ethyl adjacent to an activating group) is 2. The highest BCUT2D eigenvalue weighted by Crippen LogP contribution is 2.45. The molecule has 1 aliphatic rings. The van der Waals surface area contributed by atoms with Crippen molar-refractivity contribution < 1.29 is 9.59 Å². The van der Waals surface area contributed by atoms with Crippen molar-refractivity contribution in [2.75, 3.05) is 26.7 Å². The fourth-order valence-corrected chi connectivity index (χ4v) is 2.65. The minimum absolute atomic E-state index is 0.00403. The van der Waals surface area contributed by atoms with E-state index in [0.29, 0.717) is 19.0 Å². The van der Waals surface area contributed by atoms with Gasteiger partial charge in [-0.25, -0.2) is 0 Å². The van der Waals surface area contributed by atoms with Gasteiger partial charge < -0.3 is 16.0 Å². The summed E-state index contributed by atoms with van der Waals surface area (Å²) in [4.78, 5) is 25.1. The van der Waals surface area contributed by atoms with Gasteiger partial charge in [0.2, 0.25) is 11.8 Å². The topological polar surface area (TPSA) is 75.4 Å². The van der Waals surface area contributed by atoms with Gasteiger partial charge in [-0.2, -0.15) is 0 Å². The first-order chi connectivity index (χ1) is 7.95. The summed E-state index contributed by atoms with van der Waals surface area (Å²) in [6.45, 7) is 5.04. The van der Waals surface area contributed by atoms with E-state index in [2.05, 4.69) is 12.2 Å². The summed E-state index contributed by atoms with van der Waals surface area (Å²) in [6.07, 6.45) is 1.67. The molecule has 0 bridgehead atoms. The summed E-state index contributed by atoms with van der Waals surface area (Å²) >= 11 is 0. The molecule has 0 aromatic heterocycles. The van der Waals surface area contributed by atoms with Crippen molar-refractivity contribution in [1.82, 2.24) is 10.2 Å². The van der Waals surface area contributed by atoms with Crippen LogP contribution in [0, 0.1) is 11.3 Å². The summed E-state index contributed by atoms with van der Waals surface area (Å²) in [5, 5.41) is 2.68. The molecule has 0 aromatic rings. The number of nitrogens with one attached hydrogen (secondary N) is 1. The number of carbonyl (C=O) groups is 2. The molecule has 98 valence electrons. The van der Waals surface area contributed by atoms with Gasteiger partial charge in [-0.05, 0) is 25.7 Å². The van der Waals surface area contributed by atoms with Gasteiger partial charge in [-0.3, -0.25) is 9.59 Å². The summed E-state index contributed by atoms with van der Waals surface area (Å²) in [5.41, 5.74) is 5.30. The lowest BCUT2D eigenvalue weighted by Crippen LogP contribution is -2.55. The first kappa shape index (κ1) is 14.0. The van der Waals surface area contributed by atoms with E-state index in [1.165, 1.54) is 4.90 Å². The smallest absolute Gasteiger partial charge is 0.239 e. The summed E-state index contributed by atoms with van der Waals surface area (Å²) in [6, 6.07) is 0. The molecule has 0 atom stereocenters. The second-order valence-electron chi connectivity index (χ2n) is 5.11. The van der Waals surface area contributed by atoms with Gasteiger partial charge in [0.25, 0.3) is 0 Å². The number of amides is 2. The molecule has 1 aliphatic carbocycles. The number of hydrogen-bond donors (Lipinski definition) is 2. The standard InChI is InChI=1S/C12H23N3O2/c1-4-14-10(16)7-15(3)11(17)12(8-13)5-9(2)6-12/h9H,4-8,13H2,1-3H3,(H,14,16). The Labute approximate surface area is 103 Å². The lowest BCUT2D eigenvalue weighted by atomic mass is 9.62. The van der Waals surface area contributed by atoms with Gasteiger partial charge in [0, 0.05) is 20.1 Å². The Morgan fingerprint density at radius 1 is 1.47 bits per heavy atom. The Bertz CT molecular complexity index is 298. The minimum atomic E-state index is -0.416. The Hall–Kier alpha value is -1.10. The first-order valence-corrected chi connectivity index (χ1v) is 6.17. The molecule has 0 aliphatic heterocycles. The van der Waals surface area contributed by atoms with E-state index in [0.717, 1.165) is 12.8 Å². The molecule has 0 unspecified atom stereocenters. The zero-order valence-electron chi connectivity index (χ0n) is 11.0. The number of rotatable bonds is 5. The van der Waals surface area contributed by atoms with Crippen LogP contribution in [0.1, 0.15) is 26.7 Å². The van der Waals surface area contributed by atoms with Crippen LogP contribution in [-0.2, 0) is 9.59 Å². The fraction of sp³-hybridized carbons (Fsp3) is 0.833. The molecule has 5 heteroatoms. The maximum absolute atomic E-state index is 12.2. The van der Waals surface area contributed by atoms with E-state index in [4.69, 9.17) is 5.73 Å². The zero-order chi connectivity index (χ0) is 13.1. The summed E-state index contributed by atoms with van der Waals surface area (Å²) in [7, 11) is 1.66. The second kappa shape index (κ2) is 5.49. The lowest BCUT2D eigenvalue weighted by Gasteiger charge is -2.46. The van der Waals surface area contributed by atoms with Crippen molar-refractivity contribution >= 4 is 11.8 Å². The summed E-state index contributed by atoms with van der Waals surface area (Å²) in [5.74, 6) is 0.438. The Balaban J connectivity index is 2.54. The molecular weight excluding hydrogens is 218 g/mol. The fourth-order valence-electron chi connectivity index (χ4n) is 2.65. The van der Waals surface area contributed by atoms with Crippen LogP contribution in [0.2, 0.25) is 0 Å². The van der Waals surface area contributed by atoms with Crippen LogP contribution in [-0.4, -0.2) is 43.4 Å². The third-order valence-electron chi connectivity index (χ3n) is 3.42. The average molecular weight is 241 g/mol. The lowest BCUT2D eigenvalue weighted by molar-refractivity contribution is -0.150. The SMILES string of the molecule is CCNC(=O)CN(C)C(=O)C1(CN)CC(C)C1. The van der Waals surface area contributed by atoms with Gasteiger partial charge in [-0.15, -0.1) is 0 Å². The monoisotopic (exact) mass is 241 g/mol. The highest BCUT2D eigenvalue weighted by atomic mass is 16.2. The Morgan fingerprint density at radius 3 is 2.47 bits per heavy atom. The third kappa shape index (κ3) is 2.97. The van der Waals surface area contributed by atoms with Crippen LogP contribution >= 0.6 is 0 Å². The van der Waals surface area contributed by atoms with E-state index in [1.54, 1.807) is 7.05 Å². The number of carbonyl (C=O) groups excluding carboxylic acids is 2. The maximum Gasteiger partial charge on any atom is 0.239 e. The Morgan fingerprint density at radius 2 is 2.06 bits per heavy atom. The molecule has 1 fully saturated rings. The van der Waals surface area contributed by atoms with Gasteiger partial charge in [0.1, 0.15) is 0 Å². The van der Waals surface area contributed by atoms with E-state index < -0.39 is 5.41 Å². The van der Waals surface area contributed by atoms with E-state index in [1.807, 2.05) is 6.92 Å². The van der Waals surface area contributed by atoms with Crippen LogP contribution in [0.25, 0.3) is 0 Å². The zero-order valence-corrected chi connectivity index (χ0v) is 11.0. The van der Waals surface area contributed by atoms with Crippen LogP contribution < -0.4 is 11.1 Å². The van der Waals surface area contributed by atoms with Crippen molar-refractivity contribution in [3.05, 3.63) is 0 Å². The summed E-state index contributed by atoms with van der Waals surface area (Å²) < 4.78 is 0. The van der Waals surface area contributed by atoms with Gasteiger partial charge >= 0.3 is 0 Å². The van der Waals surface area contributed by atoms with Crippen molar-refractivity contribution in [3.63, 3.8) is 0 Å². The molecule has 0 aromatic carbocycles. The molecular formula is C12H23N3O2. The number of nitrogens with zero attached hydrogens (tertiary/aromatic N) is 1. The van der Waals surface area contributed by atoms with Crippen LogP contribution in [0.4, 0.5) is 0 Å². The molecule has 2 amide bonds. The van der Waals surface area contributed by atoms with Crippen molar-refractivity contribution in [1.29, 1.82) is 0 Å². The highest BCUT2D eigenvalue weighted by molar-refractivity contribution is 5.88. The van der Waals surface area contributed by atoms with Crippen LogP contribution in [0.15, 0.2) is 0 Å². The second-order valence-corrected chi connectivity index (χ2v) is 5.11. The van der Waals surface area contributed by atoms with Crippen molar-refractivity contribution in [3.8, 4) is 0 Å². The van der Waals surface area contributed by atoms with Gasteiger partial charge in [0.15, 0.2) is 0 Å². The quantitative estimate of drug-likeness (QED) is 0.709. The van der Waals surface area contributed by atoms with Crippen molar-refractivity contribution in [2.24, 2.45) is 17.1 Å². The van der Waals surface area contributed by atoms with Gasteiger partial charge in [-0.1, -0.05) is 6.92 Å². The highest BCUT2D eigenvalue weighted by Gasteiger charge is 2.48. The molecule has 0 heterocycles. The molecule has 1 saturated carbocycles. The molecule has 3 N–H and O–H groups in total. The normalized spacial score (nSPS) is 27.2. The van der Waals surface area contributed by atoms with Crippen LogP contribution in [0.3, 0.4) is 0 Å².